The van der Waals surface area contributed by atoms with Gasteiger partial charge in [0, 0.05) is 15.5 Å². The predicted molar refractivity (Wildman–Crippen MR) is 120 cm³/mol. The summed E-state index contributed by atoms with van der Waals surface area (Å²) in [6.45, 7) is 0. The summed E-state index contributed by atoms with van der Waals surface area (Å²) in [6.07, 6.45) is -5.59. The van der Waals surface area contributed by atoms with Crippen molar-refractivity contribution >= 4 is 27.3 Å². The van der Waals surface area contributed by atoms with E-state index < -0.39 is 35.6 Å². The van der Waals surface area contributed by atoms with E-state index in [1.165, 1.54) is 47.7 Å². The lowest BCUT2D eigenvalue weighted by Gasteiger charge is -2.25. The molecule has 0 spiro atoms. The summed E-state index contributed by atoms with van der Waals surface area (Å²) >= 11 is 1.41. The first-order valence-corrected chi connectivity index (χ1v) is 11.0. The van der Waals surface area contributed by atoms with Crippen LogP contribution >= 0.6 is 11.3 Å². The number of aliphatic hydroxyl groups is 1. The van der Waals surface area contributed by atoms with Crippen LogP contribution < -0.4 is 5.32 Å². The molecular formula is C25H19F4NO2S. The summed E-state index contributed by atoms with van der Waals surface area (Å²) in [5.74, 6) is -0.885. The van der Waals surface area contributed by atoms with Crippen LogP contribution in [0, 0.1) is 5.82 Å². The van der Waals surface area contributed by atoms with Gasteiger partial charge >= 0.3 is 6.18 Å². The molecule has 1 heterocycles. The van der Waals surface area contributed by atoms with Crippen molar-refractivity contribution in [1.82, 2.24) is 5.32 Å². The van der Waals surface area contributed by atoms with Gasteiger partial charge < -0.3 is 10.4 Å². The molecule has 0 radical (unpaired) electrons. The Labute approximate surface area is 191 Å². The lowest BCUT2D eigenvalue weighted by atomic mass is 9.95. The molecule has 3 nitrogen and oxygen atoms in total. The van der Waals surface area contributed by atoms with Crippen LogP contribution in [0.15, 0.2) is 78.2 Å². The fraction of sp³-hybridized carbons (Fsp3) is 0.160. The minimum absolute atomic E-state index is 0.0739. The molecule has 0 saturated carbocycles. The number of fused-ring (bicyclic) bond motifs is 1. The SMILES string of the molecule is O=C(NC(Cc1ccc(C(F)(F)F)cc1)C(O)c1ccc(F)cc1)c1csc2ccccc12. The third-order valence-corrected chi connectivity index (χ3v) is 6.34. The highest BCUT2D eigenvalue weighted by atomic mass is 32.1. The Bertz CT molecular complexity index is 1250. The van der Waals surface area contributed by atoms with E-state index in [9.17, 15) is 27.5 Å². The van der Waals surface area contributed by atoms with E-state index in [1.807, 2.05) is 24.3 Å². The second-order valence-corrected chi connectivity index (χ2v) is 8.53. The number of amides is 1. The van der Waals surface area contributed by atoms with Crippen molar-refractivity contribution < 1.29 is 27.5 Å². The fourth-order valence-corrected chi connectivity index (χ4v) is 4.56. The third-order valence-electron chi connectivity index (χ3n) is 5.37. The molecule has 4 rings (SSSR count). The van der Waals surface area contributed by atoms with Gasteiger partial charge in [-0.05, 0) is 47.9 Å². The summed E-state index contributed by atoms with van der Waals surface area (Å²) < 4.78 is 52.9. The summed E-state index contributed by atoms with van der Waals surface area (Å²) in [5, 5.41) is 16.3. The molecular weight excluding hydrogens is 454 g/mol. The lowest BCUT2D eigenvalue weighted by Crippen LogP contribution is -2.41. The maximum Gasteiger partial charge on any atom is 0.416 e. The summed E-state index contributed by atoms with van der Waals surface area (Å²) in [5.41, 5.74) is 0.545. The molecule has 0 saturated heterocycles. The lowest BCUT2D eigenvalue weighted by molar-refractivity contribution is -0.137. The average Bonchev–Trinajstić information content (AvgIpc) is 3.23. The van der Waals surface area contributed by atoms with Crippen molar-refractivity contribution in [3.05, 3.63) is 106 Å². The Morgan fingerprint density at radius 2 is 1.64 bits per heavy atom. The highest BCUT2D eigenvalue weighted by Gasteiger charge is 2.30. The Hall–Kier alpha value is -3.23. The molecule has 33 heavy (non-hydrogen) atoms. The first-order chi connectivity index (χ1) is 15.7. The quantitative estimate of drug-likeness (QED) is 0.331. The van der Waals surface area contributed by atoms with Crippen molar-refractivity contribution in [2.75, 3.05) is 0 Å². The zero-order chi connectivity index (χ0) is 23.6. The second-order valence-electron chi connectivity index (χ2n) is 7.62. The van der Waals surface area contributed by atoms with E-state index >= 15 is 0 Å². The molecule has 0 bridgehead atoms. The van der Waals surface area contributed by atoms with Crippen molar-refractivity contribution in [3.63, 3.8) is 0 Å². The Kier molecular flexibility index (Phi) is 6.49. The number of benzene rings is 3. The van der Waals surface area contributed by atoms with Gasteiger partial charge in [0.2, 0.25) is 0 Å². The maximum atomic E-state index is 13.3. The van der Waals surface area contributed by atoms with E-state index in [2.05, 4.69) is 5.32 Å². The van der Waals surface area contributed by atoms with E-state index in [-0.39, 0.29) is 6.42 Å². The molecule has 1 amide bonds. The minimum Gasteiger partial charge on any atom is -0.386 e. The van der Waals surface area contributed by atoms with Crippen LogP contribution in [0.2, 0.25) is 0 Å². The normalized spacial score (nSPS) is 13.6. The summed E-state index contributed by atoms with van der Waals surface area (Å²) in [7, 11) is 0. The van der Waals surface area contributed by atoms with Gasteiger partial charge in [-0.25, -0.2) is 4.39 Å². The van der Waals surface area contributed by atoms with Crippen LogP contribution in [0.25, 0.3) is 10.1 Å². The fourth-order valence-electron chi connectivity index (χ4n) is 3.62. The van der Waals surface area contributed by atoms with Crippen LogP contribution in [0.4, 0.5) is 17.6 Å². The number of hydrogen-bond acceptors (Lipinski definition) is 3. The number of alkyl halides is 3. The maximum absolute atomic E-state index is 13.3. The van der Waals surface area contributed by atoms with E-state index in [1.54, 1.807) is 5.38 Å². The van der Waals surface area contributed by atoms with Crippen LogP contribution in [0.5, 0.6) is 0 Å². The standard InChI is InChI=1S/C25H19F4NO2S/c26-18-11-7-16(8-12-18)23(31)21(13-15-5-9-17(10-6-15)25(27,28)29)30-24(32)20-14-33-22-4-2-1-3-19(20)22/h1-12,14,21,23,31H,13H2,(H,30,32). The molecule has 0 aliphatic rings. The molecule has 2 unspecified atom stereocenters. The van der Waals surface area contributed by atoms with E-state index in [0.717, 1.165) is 22.2 Å². The number of thiophene rings is 1. The topological polar surface area (TPSA) is 49.3 Å². The van der Waals surface area contributed by atoms with Gasteiger partial charge in [-0.2, -0.15) is 13.2 Å². The number of hydrogen-bond donors (Lipinski definition) is 2. The predicted octanol–water partition coefficient (Wildman–Crippen LogP) is 6.13. The van der Waals surface area contributed by atoms with Crippen molar-refractivity contribution in [2.24, 2.45) is 0 Å². The number of halogens is 4. The number of aliphatic hydroxyl groups excluding tert-OH is 1. The van der Waals surface area contributed by atoms with Gasteiger partial charge in [0.05, 0.1) is 23.3 Å². The minimum atomic E-state index is -4.46. The molecule has 2 N–H and O–H groups in total. The molecule has 4 aromatic rings. The Balaban J connectivity index is 1.62. The summed E-state index contributed by atoms with van der Waals surface area (Å²) in [4.78, 5) is 13.1. The van der Waals surface area contributed by atoms with Crippen molar-refractivity contribution in [2.45, 2.75) is 24.7 Å². The zero-order valence-corrected chi connectivity index (χ0v) is 18.0. The summed E-state index contributed by atoms with van der Waals surface area (Å²) in [6, 6.07) is 16.3. The van der Waals surface area contributed by atoms with Crippen molar-refractivity contribution in [1.29, 1.82) is 0 Å². The second kappa shape index (κ2) is 9.33. The van der Waals surface area contributed by atoms with Gasteiger partial charge in [0.25, 0.3) is 5.91 Å². The Morgan fingerprint density at radius 3 is 2.30 bits per heavy atom. The molecule has 3 aromatic carbocycles. The molecule has 0 fully saturated rings. The van der Waals surface area contributed by atoms with Crippen molar-refractivity contribution in [3.8, 4) is 0 Å². The van der Waals surface area contributed by atoms with Crippen LogP contribution in [0.3, 0.4) is 0 Å². The monoisotopic (exact) mass is 473 g/mol. The number of carbonyl (C=O) groups excluding carboxylic acids is 1. The third kappa shape index (κ3) is 5.23. The van der Waals surface area contributed by atoms with Gasteiger partial charge in [0.15, 0.2) is 0 Å². The van der Waals surface area contributed by atoms with Crippen LogP contribution in [-0.2, 0) is 12.6 Å². The number of carbonyl (C=O) groups is 1. The van der Waals surface area contributed by atoms with E-state index in [4.69, 9.17) is 0 Å². The average molecular weight is 473 g/mol. The zero-order valence-electron chi connectivity index (χ0n) is 17.1. The number of rotatable bonds is 6. The molecule has 8 heteroatoms. The molecule has 1 aromatic heterocycles. The van der Waals surface area contributed by atoms with Gasteiger partial charge in [0.1, 0.15) is 5.82 Å². The highest BCUT2D eigenvalue weighted by Crippen LogP contribution is 2.30. The smallest absolute Gasteiger partial charge is 0.386 e. The number of nitrogens with one attached hydrogen (secondary N) is 1. The van der Waals surface area contributed by atoms with Gasteiger partial charge in [-0.15, -0.1) is 11.3 Å². The molecule has 0 aliphatic carbocycles. The highest BCUT2D eigenvalue weighted by molar-refractivity contribution is 7.17. The Morgan fingerprint density at radius 1 is 0.970 bits per heavy atom. The van der Waals surface area contributed by atoms with Gasteiger partial charge in [-0.3, -0.25) is 4.79 Å². The first-order valence-electron chi connectivity index (χ1n) is 10.1. The van der Waals surface area contributed by atoms with E-state index in [0.29, 0.717) is 16.7 Å². The largest absolute Gasteiger partial charge is 0.416 e. The molecule has 2 atom stereocenters. The van der Waals surface area contributed by atoms with Crippen LogP contribution in [-0.4, -0.2) is 17.1 Å². The first kappa shape index (κ1) is 22.9. The molecule has 170 valence electrons. The van der Waals surface area contributed by atoms with Gasteiger partial charge in [-0.1, -0.05) is 42.5 Å². The molecule has 0 aliphatic heterocycles. The van der Waals surface area contributed by atoms with Crippen LogP contribution in [0.1, 0.15) is 33.2 Å².